The van der Waals surface area contributed by atoms with Crippen molar-refractivity contribution >= 4 is 7.60 Å². The second-order valence-corrected chi connectivity index (χ2v) is 5.18. The third kappa shape index (κ3) is 2.33. The number of hydrogen-bond acceptors (Lipinski definition) is 4. The SMILES string of the molecule is CCCO[P@@]1(=O)COc2ccccc2O1. The summed E-state index contributed by atoms with van der Waals surface area (Å²) in [7, 11) is -3.08. The van der Waals surface area contributed by atoms with Crippen LogP contribution in [0.2, 0.25) is 0 Å². The third-order valence-corrected chi connectivity index (χ3v) is 3.45. The van der Waals surface area contributed by atoms with Gasteiger partial charge in [0.15, 0.2) is 11.5 Å². The van der Waals surface area contributed by atoms with Gasteiger partial charge in [-0.15, -0.1) is 0 Å². The van der Waals surface area contributed by atoms with Gasteiger partial charge in [-0.2, -0.15) is 0 Å². The maximum atomic E-state index is 12.0. The average Bonchev–Trinajstić information content (AvgIpc) is 2.26. The first-order valence-electron chi connectivity index (χ1n) is 4.88. The number of fused-ring (bicyclic) bond motifs is 1. The summed E-state index contributed by atoms with van der Waals surface area (Å²) in [6.45, 7) is 2.37. The predicted molar refractivity (Wildman–Crippen MR) is 56.4 cm³/mol. The van der Waals surface area contributed by atoms with E-state index in [-0.39, 0.29) is 6.35 Å². The van der Waals surface area contributed by atoms with Crippen LogP contribution in [0.1, 0.15) is 13.3 Å². The molecule has 4 nitrogen and oxygen atoms in total. The zero-order valence-corrected chi connectivity index (χ0v) is 9.41. The highest BCUT2D eigenvalue weighted by Crippen LogP contribution is 2.54. The Morgan fingerprint density at radius 3 is 2.87 bits per heavy atom. The van der Waals surface area contributed by atoms with Crippen molar-refractivity contribution < 1.29 is 18.3 Å². The molecule has 0 bridgehead atoms. The van der Waals surface area contributed by atoms with Gasteiger partial charge in [-0.05, 0) is 18.6 Å². The van der Waals surface area contributed by atoms with Crippen molar-refractivity contribution in [2.24, 2.45) is 0 Å². The van der Waals surface area contributed by atoms with Gasteiger partial charge in [0, 0.05) is 0 Å². The van der Waals surface area contributed by atoms with Crippen LogP contribution in [0.4, 0.5) is 0 Å². The minimum absolute atomic E-state index is 0.00991. The molecule has 1 heterocycles. The summed E-state index contributed by atoms with van der Waals surface area (Å²) in [4.78, 5) is 0. The minimum atomic E-state index is -3.08. The van der Waals surface area contributed by atoms with Crippen LogP contribution >= 0.6 is 7.60 Å². The number of para-hydroxylation sites is 2. The molecule has 0 N–H and O–H groups in total. The van der Waals surface area contributed by atoms with Gasteiger partial charge >= 0.3 is 7.60 Å². The van der Waals surface area contributed by atoms with Crippen LogP contribution in [0.25, 0.3) is 0 Å². The standard InChI is InChI=1S/C10H13O4P/c1-2-7-13-15(11)8-12-9-5-3-4-6-10(9)14-15/h3-6H,2,7-8H2,1H3/t15-/m0/s1. The van der Waals surface area contributed by atoms with Crippen LogP contribution < -0.4 is 9.26 Å². The van der Waals surface area contributed by atoms with Crippen LogP contribution in [0.15, 0.2) is 24.3 Å². The van der Waals surface area contributed by atoms with Gasteiger partial charge in [0.1, 0.15) is 0 Å². The number of benzene rings is 1. The monoisotopic (exact) mass is 228 g/mol. The second-order valence-electron chi connectivity index (χ2n) is 3.26. The lowest BCUT2D eigenvalue weighted by Crippen LogP contribution is -2.13. The van der Waals surface area contributed by atoms with Crippen molar-refractivity contribution in [2.45, 2.75) is 13.3 Å². The van der Waals surface area contributed by atoms with Gasteiger partial charge in [-0.1, -0.05) is 19.1 Å². The van der Waals surface area contributed by atoms with Gasteiger partial charge in [-0.25, -0.2) is 4.57 Å². The van der Waals surface area contributed by atoms with Crippen molar-refractivity contribution in [3.05, 3.63) is 24.3 Å². The van der Waals surface area contributed by atoms with Crippen molar-refractivity contribution in [2.75, 3.05) is 13.0 Å². The lowest BCUT2D eigenvalue weighted by molar-refractivity contribution is 0.216. The molecule has 0 unspecified atom stereocenters. The second kappa shape index (κ2) is 4.25. The van der Waals surface area contributed by atoms with E-state index in [4.69, 9.17) is 13.8 Å². The molecule has 0 radical (unpaired) electrons. The molecule has 0 saturated carbocycles. The van der Waals surface area contributed by atoms with Gasteiger partial charge in [0.05, 0.1) is 6.61 Å². The molecule has 1 aromatic carbocycles. The Labute approximate surface area is 88.7 Å². The highest BCUT2D eigenvalue weighted by molar-refractivity contribution is 7.54. The molecule has 0 amide bonds. The van der Waals surface area contributed by atoms with E-state index in [2.05, 4.69) is 0 Å². The summed E-state index contributed by atoms with van der Waals surface area (Å²) < 4.78 is 27.8. The van der Waals surface area contributed by atoms with Crippen molar-refractivity contribution in [3.8, 4) is 11.5 Å². The summed E-state index contributed by atoms with van der Waals surface area (Å²) in [5.74, 6) is 1.10. The molecular formula is C10H13O4P. The molecule has 1 aliphatic heterocycles. The first-order valence-corrected chi connectivity index (χ1v) is 6.61. The van der Waals surface area contributed by atoms with E-state index in [0.717, 1.165) is 6.42 Å². The molecule has 1 aliphatic rings. The molecule has 1 atom stereocenters. The Balaban J connectivity index is 2.14. The van der Waals surface area contributed by atoms with Crippen LogP contribution in [0, 0.1) is 0 Å². The molecule has 0 aliphatic carbocycles. The van der Waals surface area contributed by atoms with Crippen LogP contribution in [0.5, 0.6) is 11.5 Å². The molecule has 0 fully saturated rings. The summed E-state index contributed by atoms with van der Waals surface area (Å²) in [6.07, 6.45) is 0.791. The maximum Gasteiger partial charge on any atom is 0.416 e. The van der Waals surface area contributed by atoms with Crippen molar-refractivity contribution in [1.82, 2.24) is 0 Å². The molecule has 0 aromatic heterocycles. The Bertz CT molecular complexity index is 391. The number of rotatable bonds is 3. The van der Waals surface area contributed by atoms with E-state index >= 15 is 0 Å². The van der Waals surface area contributed by atoms with Gasteiger partial charge in [-0.3, -0.25) is 4.52 Å². The maximum absolute atomic E-state index is 12.0. The quantitative estimate of drug-likeness (QED) is 0.746. The van der Waals surface area contributed by atoms with E-state index < -0.39 is 7.60 Å². The normalized spacial score (nSPS) is 23.8. The fourth-order valence-electron chi connectivity index (χ4n) is 1.26. The van der Waals surface area contributed by atoms with Crippen molar-refractivity contribution in [1.29, 1.82) is 0 Å². The molecule has 5 heteroatoms. The molecule has 0 spiro atoms. The summed E-state index contributed by atoms with van der Waals surface area (Å²) in [5, 5.41) is 0. The summed E-state index contributed by atoms with van der Waals surface area (Å²) >= 11 is 0. The van der Waals surface area contributed by atoms with E-state index in [1.54, 1.807) is 18.2 Å². The Kier molecular flexibility index (Phi) is 2.98. The molecule has 15 heavy (non-hydrogen) atoms. The molecule has 82 valence electrons. The lowest BCUT2D eigenvalue weighted by Gasteiger charge is -2.25. The zero-order valence-electron chi connectivity index (χ0n) is 8.51. The zero-order chi connectivity index (χ0) is 10.7. The number of hydrogen-bond donors (Lipinski definition) is 0. The predicted octanol–water partition coefficient (Wildman–Crippen LogP) is 3.04. The van der Waals surface area contributed by atoms with Gasteiger partial charge in [0.25, 0.3) is 0 Å². The largest absolute Gasteiger partial charge is 0.476 e. The fourth-order valence-corrected chi connectivity index (χ4v) is 2.65. The van der Waals surface area contributed by atoms with Crippen LogP contribution in [-0.2, 0) is 9.09 Å². The fraction of sp³-hybridized carbons (Fsp3) is 0.400. The molecule has 0 saturated heterocycles. The van der Waals surface area contributed by atoms with Crippen LogP contribution in [-0.4, -0.2) is 13.0 Å². The summed E-state index contributed by atoms with van der Waals surface area (Å²) in [6, 6.07) is 7.14. The van der Waals surface area contributed by atoms with Crippen LogP contribution in [0.3, 0.4) is 0 Å². The molecule has 2 rings (SSSR count). The highest BCUT2D eigenvalue weighted by atomic mass is 31.2. The van der Waals surface area contributed by atoms with Gasteiger partial charge < -0.3 is 9.26 Å². The van der Waals surface area contributed by atoms with E-state index in [1.165, 1.54) is 0 Å². The first-order chi connectivity index (χ1) is 7.23. The molecule has 1 aromatic rings. The van der Waals surface area contributed by atoms with Crippen molar-refractivity contribution in [3.63, 3.8) is 0 Å². The smallest absolute Gasteiger partial charge is 0.416 e. The minimum Gasteiger partial charge on any atom is -0.476 e. The van der Waals surface area contributed by atoms with E-state index in [1.807, 2.05) is 13.0 Å². The summed E-state index contributed by atoms with van der Waals surface area (Å²) in [5.41, 5.74) is 0. The highest BCUT2D eigenvalue weighted by Gasteiger charge is 2.32. The third-order valence-electron chi connectivity index (χ3n) is 1.96. The Morgan fingerprint density at radius 1 is 1.40 bits per heavy atom. The molecular weight excluding hydrogens is 215 g/mol. The Hall–Kier alpha value is -0.990. The Morgan fingerprint density at radius 2 is 2.13 bits per heavy atom. The topological polar surface area (TPSA) is 44.8 Å². The first kappa shape index (κ1) is 10.5. The van der Waals surface area contributed by atoms with E-state index in [0.29, 0.717) is 18.1 Å². The van der Waals surface area contributed by atoms with Gasteiger partial charge in [0.2, 0.25) is 6.35 Å². The average molecular weight is 228 g/mol. The lowest BCUT2D eigenvalue weighted by atomic mass is 10.3. The number of ether oxygens (including phenoxy) is 1. The van der Waals surface area contributed by atoms with E-state index in [9.17, 15) is 4.57 Å².